The largest absolute Gasteiger partial charge is 0.335 e. The summed E-state index contributed by atoms with van der Waals surface area (Å²) >= 11 is 1.64. The molecular weight excluding hydrogens is 399 g/mol. The van der Waals surface area contributed by atoms with Gasteiger partial charge in [0.25, 0.3) is 5.91 Å². The van der Waals surface area contributed by atoms with Gasteiger partial charge in [-0.3, -0.25) is 14.8 Å². The second-order valence-electron chi connectivity index (χ2n) is 7.11. The fourth-order valence-corrected chi connectivity index (χ4v) is 4.05. The van der Waals surface area contributed by atoms with Gasteiger partial charge in [0.2, 0.25) is 0 Å². The Hall–Kier alpha value is -3.19. The van der Waals surface area contributed by atoms with Gasteiger partial charge >= 0.3 is 0 Å². The molecule has 0 radical (unpaired) electrons. The molecule has 0 aliphatic carbocycles. The molecule has 0 saturated carbocycles. The van der Waals surface area contributed by atoms with Gasteiger partial charge in [-0.15, -0.1) is 0 Å². The molecule has 1 atom stereocenters. The number of carbonyl (C=O) groups is 1. The van der Waals surface area contributed by atoms with Crippen LogP contribution in [0.4, 0.5) is 15.8 Å². The lowest BCUT2D eigenvalue weighted by Gasteiger charge is -2.12. The predicted molar refractivity (Wildman–Crippen MR) is 121 cm³/mol. The van der Waals surface area contributed by atoms with Crippen molar-refractivity contribution in [3.8, 4) is 0 Å². The number of hydrogen-bond acceptors (Lipinski definition) is 5. The number of aryl methyl sites for hydroxylation is 2. The van der Waals surface area contributed by atoms with Gasteiger partial charge in [-0.2, -0.15) is 0 Å². The molecule has 3 aromatic rings. The second kappa shape index (κ2) is 8.67. The molecule has 1 aliphatic rings. The van der Waals surface area contributed by atoms with E-state index in [2.05, 4.69) is 15.6 Å². The lowest BCUT2D eigenvalue weighted by atomic mass is 10.1. The first-order chi connectivity index (χ1) is 14.5. The monoisotopic (exact) mass is 420 g/mol. The Kier molecular flexibility index (Phi) is 5.81. The number of amides is 1. The fourth-order valence-electron chi connectivity index (χ4n) is 3.09. The normalized spacial score (nSPS) is 15.6. The molecule has 0 fully saturated rings. The van der Waals surface area contributed by atoms with Gasteiger partial charge in [0.1, 0.15) is 5.82 Å². The maximum atomic E-state index is 13.8. The summed E-state index contributed by atoms with van der Waals surface area (Å²) in [6.07, 6.45) is 3.54. The summed E-state index contributed by atoms with van der Waals surface area (Å²) in [7, 11) is 0. The number of aliphatic imine (C=N–C) groups is 1. The van der Waals surface area contributed by atoms with Crippen molar-refractivity contribution in [2.45, 2.75) is 19.9 Å². The van der Waals surface area contributed by atoms with Crippen molar-refractivity contribution in [3.05, 3.63) is 89.0 Å². The standard InChI is InChI=1S/C23H21FN4OS/c1-14-4-6-18(12-19(14)24)26-22(29)17-5-3-15(2)20(11-17)27-23-28-21(13-30-23)16-7-9-25-10-8-16/h3-12,21H,13H2,1-2H3,(H,26,29)(H,27,28). The molecule has 1 aliphatic heterocycles. The topological polar surface area (TPSA) is 66.4 Å². The van der Waals surface area contributed by atoms with Gasteiger partial charge in [-0.1, -0.05) is 23.9 Å². The highest BCUT2D eigenvalue weighted by Gasteiger charge is 2.20. The first-order valence-electron chi connectivity index (χ1n) is 9.55. The number of thioether (sulfide) groups is 1. The zero-order valence-corrected chi connectivity index (χ0v) is 17.5. The molecule has 2 aromatic carbocycles. The van der Waals surface area contributed by atoms with Crippen molar-refractivity contribution in [2.75, 3.05) is 16.4 Å². The van der Waals surface area contributed by atoms with E-state index in [9.17, 15) is 9.18 Å². The quantitative estimate of drug-likeness (QED) is 0.597. The molecule has 1 aromatic heterocycles. The summed E-state index contributed by atoms with van der Waals surface area (Å²) in [5, 5.41) is 6.91. The van der Waals surface area contributed by atoms with Gasteiger partial charge in [-0.05, 0) is 66.9 Å². The SMILES string of the molecule is Cc1ccc(NC(=O)c2ccc(C)c(NC3=NC(c4ccncc4)CS3)c2)cc1F. The predicted octanol–water partition coefficient (Wildman–Crippen LogP) is 5.35. The number of halogens is 1. The van der Waals surface area contributed by atoms with Gasteiger partial charge in [0.15, 0.2) is 5.17 Å². The molecule has 7 heteroatoms. The molecule has 0 saturated heterocycles. The summed E-state index contributed by atoms with van der Waals surface area (Å²) in [5.74, 6) is 0.209. The van der Waals surface area contributed by atoms with Crippen LogP contribution >= 0.6 is 11.8 Å². The van der Waals surface area contributed by atoms with E-state index in [0.29, 0.717) is 16.8 Å². The average molecular weight is 421 g/mol. The molecule has 1 unspecified atom stereocenters. The van der Waals surface area contributed by atoms with E-state index in [1.807, 2.05) is 25.1 Å². The first-order valence-corrected chi connectivity index (χ1v) is 10.5. The van der Waals surface area contributed by atoms with Crippen LogP contribution in [0.2, 0.25) is 0 Å². The average Bonchev–Trinajstić information content (AvgIpc) is 3.21. The number of rotatable bonds is 4. The van der Waals surface area contributed by atoms with Crippen molar-refractivity contribution in [2.24, 2.45) is 4.99 Å². The number of pyridine rings is 1. The van der Waals surface area contributed by atoms with E-state index < -0.39 is 0 Å². The van der Waals surface area contributed by atoms with Crippen LogP contribution in [0, 0.1) is 19.7 Å². The molecule has 2 heterocycles. The molecule has 4 rings (SSSR count). The summed E-state index contributed by atoms with van der Waals surface area (Å²) in [6, 6.07) is 14.1. The Morgan fingerprint density at radius 3 is 2.60 bits per heavy atom. The van der Waals surface area contributed by atoms with Crippen molar-refractivity contribution in [1.82, 2.24) is 4.98 Å². The van der Waals surface area contributed by atoms with E-state index in [1.165, 1.54) is 6.07 Å². The van der Waals surface area contributed by atoms with Crippen LogP contribution in [-0.2, 0) is 0 Å². The van der Waals surface area contributed by atoms with Gasteiger partial charge in [0.05, 0.1) is 6.04 Å². The number of anilines is 2. The Bertz CT molecular complexity index is 1120. The van der Waals surface area contributed by atoms with Crippen LogP contribution in [-0.4, -0.2) is 21.8 Å². The van der Waals surface area contributed by atoms with E-state index >= 15 is 0 Å². The third kappa shape index (κ3) is 4.52. The fraction of sp³-hybridized carbons (Fsp3) is 0.174. The van der Waals surface area contributed by atoms with Crippen molar-refractivity contribution < 1.29 is 9.18 Å². The van der Waals surface area contributed by atoms with E-state index in [1.54, 1.807) is 55.3 Å². The highest BCUT2D eigenvalue weighted by molar-refractivity contribution is 8.14. The second-order valence-corrected chi connectivity index (χ2v) is 8.12. The number of hydrogen-bond donors (Lipinski definition) is 2. The van der Waals surface area contributed by atoms with Gasteiger partial charge < -0.3 is 10.6 Å². The minimum absolute atomic E-state index is 0.0868. The number of amidine groups is 1. The third-order valence-corrected chi connectivity index (χ3v) is 5.88. The molecule has 0 bridgehead atoms. The Labute approximate surface area is 178 Å². The first kappa shape index (κ1) is 20.1. The van der Waals surface area contributed by atoms with E-state index in [4.69, 9.17) is 4.99 Å². The minimum Gasteiger partial charge on any atom is -0.335 e. The summed E-state index contributed by atoms with van der Waals surface area (Å²) in [4.78, 5) is 21.4. The molecule has 152 valence electrons. The highest BCUT2D eigenvalue weighted by Crippen LogP contribution is 2.31. The molecular formula is C23H21FN4OS. The molecule has 5 nitrogen and oxygen atoms in total. The van der Waals surface area contributed by atoms with Crippen molar-refractivity contribution in [3.63, 3.8) is 0 Å². The molecule has 0 spiro atoms. The summed E-state index contributed by atoms with van der Waals surface area (Å²) < 4.78 is 13.8. The van der Waals surface area contributed by atoms with Crippen molar-refractivity contribution in [1.29, 1.82) is 0 Å². The Balaban J connectivity index is 1.49. The zero-order chi connectivity index (χ0) is 21.1. The number of benzene rings is 2. The van der Waals surface area contributed by atoms with Crippen molar-refractivity contribution >= 4 is 34.2 Å². The zero-order valence-electron chi connectivity index (χ0n) is 16.6. The van der Waals surface area contributed by atoms with Gasteiger partial charge in [0, 0.05) is 35.1 Å². The maximum absolute atomic E-state index is 13.8. The van der Waals surface area contributed by atoms with E-state index in [-0.39, 0.29) is 17.8 Å². The van der Waals surface area contributed by atoms with Gasteiger partial charge in [-0.25, -0.2) is 4.39 Å². The Morgan fingerprint density at radius 1 is 1.07 bits per heavy atom. The lowest BCUT2D eigenvalue weighted by Crippen LogP contribution is -2.14. The number of carbonyl (C=O) groups excluding carboxylic acids is 1. The third-order valence-electron chi connectivity index (χ3n) is 4.91. The molecule has 30 heavy (non-hydrogen) atoms. The number of nitrogens with one attached hydrogen (secondary N) is 2. The summed E-state index contributed by atoms with van der Waals surface area (Å²) in [5.41, 5.74) is 4.40. The molecule has 1 amide bonds. The highest BCUT2D eigenvalue weighted by atomic mass is 32.2. The van der Waals surface area contributed by atoms with Crippen LogP contribution in [0.15, 0.2) is 65.9 Å². The molecule has 2 N–H and O–H groups in total. The Morgan fingerprint density at radius 2 is 1.83 bits per heavy atom. The smallest absolute Gasteiger partial charge is 0.255 e. The summed E-state index contributed by atoms with van der Waals surface area (Å²) in [6.45, 7) is 3.65. The van der Waals surface area contributed by atoms with Crippen LogP contribution in [0.1, 0.15) is 33.1 Å². The number of aromatic nitrogens is 1. The lowest BCUT2D eigenvalue weighted by molar-refractivity contribution is 0.102. The van der Waals surface area contributed by atoms with Crippen LogP contribution in [0.3, 0.4) is 0 Å². The maximum Gasteiger partial charge on any atom is 0.255 e. The number of nitrogens with zero attached hydrogens (tertiary/aromatic N) is 2. The van der Waals surface area contributed by atoms with E-state index in [0.717, 1.165) is 27.7 Å². The van der Waals surface area contributed by atoms with Crippen LogP contribution in [0.25, 0.3) is 0 Å². The van der Waals surface area contributed by atoms with Crippen LogP contribution in [0.5, 0.6) is 0 Å². The minimum atomic E-state index is -0.348. The van der Waals surface area contributed by atoms with Crippen LogP contribution < -0.4 is 10.6 Å².